The molecule has 0 aromatic heterocycles. The van der Waals surface area contributed by atoms with Crippen LogP contribution in [0.15, 0.2) is 105 Å². The normalized spacial score (nSPS) is 31.5. The molecule has 224 valence electrons. The van der Waals surface area contributed by atoms with E-state index in [9.17, 15) is 0 Å². The first-order valence-electron chi connectivity index (χ1n) is 16.2. The third-order valence-corrected chi connectivity index (χ3v) is 45.3. The Hall–Kier alpha value is -0.920. The Kier molecular flexibility index (Phi) is 8.86. The third kappa shape index (κ3) is 4.00. The zero-order valence-electron chi connectivity index (χ0n) is 26.1. The van der Waals surface area contributed by atoms with Crippen LogP contribution < -0.4 is 6.54 Å². The Balaban J connectivity index is 0.00000176. The van der Waals surface area contributed by atoms with Gasteiger partial charge in [0, 0.05) is 0 Å². The molecular weight excluding hydrogens is 647 g/mol. The number of hydrogen-bond acceptors (Lipinski definition) is 0. The molecule has 2 aromatic rings. The second-order valence-corrected chi connectivity index (χ2v) is 37.2. The van der Waals surface area contributed by atoms with Crippen molar-refractivity contribution in [3.63, 3.8) is 0 Å². The molecule has 0 aliphatic heterocycles. The molecule has 0 nitrogen and oxygen atoms in total. The second-order valence-electron chi connectivity index (χ2n) is 14.8. The smallest absolute Gasteiger partial charge is 0.147 e. The summed E-state index contributed by atoms with van der Waals surface area (Å²) in [5.74, 6) is 3.04. The third-order valence-electron chi connectivity index (χ3n) is 13.6. The first-order valence-corrected chi connectivity index (χ1v) is 27.0. The van der Waals surface area contributed by atoms with Crippen LogP contribution in [0, 0.1) is 29.1 Å². The van der Waals surface area contributed by atoms with Crippen LogP contribution in [0.3, 0.4) is 0 Å². The van der Waals surface area contributed by atoms with E-state index < -0.39 is 17.4 Å². The summed E-state index contributed by atoms with van der Waals surface area (Å²) in [4.78, 5) is 0. The molecule has 7 rings (SSSR count). The summed E-state index contributed by atoms with van der Waals surface area (Å²) in [6, 6.07) is 24.1. The fraction of sp³-hybridized carbons (Fsp3) is 0.474. The topological polar surface area (TPSA) is 0 Å². The summed E-state index contributed by atoms with van der Waals surface area (Å²) in [5.41, 5.74) is 5.87. The number of hydrogen-bond donors (Lipinski definition) is 0. The molecule has 42 heavy (non-hydrogen) atoms. The van der Waals surface area contributed by atoms with Crippen LogP contribution in [0.1, 0.15) is 79.1 Å². The van der Waals surface area contributed by atoms with Gasteiger partial charge in [-0.05, 0) is 0 Å². The van der Waals surface area contributed by atoms with Gasteiger partial charge in [-0.3, -0.25) is 0 Å². The van der Waals surface area contributed by atoms with Gasteiger partial charge in [-0.15, -0.1) is 24.8 Å². The summed E-state index contributed by atoms with van der Waals surface area (Å²) >= 11 is -4.41. The Morgan fingerprint density at radius 1 is 0.833 bits per heavy atom. The number of allylic oxidation sites excluding steroid dienone is 8. The maximum atomic E-state index is 2.84. The summed E-state index contributed by atoms with van der Waals surface area (Å²) in [6.07, 6.45) is 20.8. The molecule has 5 aliphatic rings. The molecule has 2 fully saturated rings. The van der Waals surface area contributed by atoms with Crippen LogP contribution in [0.5, 0.6) is 0 Å². The summed E-state index contributed by atoms with van der Waals surface area (Å²) < 4.78 is 5.25. The average molecular weight is 697 g/mol. The van der Waals surface area contributed by atoms with Crippen molar-refractivity contribution in [2.24, 2.45) is 29.1 Å². The van der Waals surface area contributed by atoms with E-state index in [1.165, 1.54) is 44.9 Å². The number of benzene rings is 2. The molecule has 5 aliphatic carbocycles. The van der Waals surface area contributed by atoms with Crippen molar-refractivity contribution >= 4 is 38.2 Å². The molecule has 0 spiro atoms. The van der Waals surface area contributed by atoms with E-state index >= 15 is 0 Å². The minimum Gasteiger partial charge on any atom is -0.147 e. The van der Waals surface area contributed by atoms with Gasteiger partial charge in [0.2, 0.25) is 0 Å². The quantitative estimate of drug-likeness (QED) is 0.221. The first kappa shape index (κ1) is 32.5. The minimum atomic E-state index is -4.41. The predicted octanol–water partition coefficient (Wildman–Crippen LogP) is 9.26. The molecule has 5 atom stereocenters. The van der Waals surface area contributed by atoms with Crippen molar-refractivity contribution in [2.75, 3.05) is 0 Å². The standard InChI is InChI=1S/C21H31.2C6H5.C5H5.2ClH.H2Si.Zr/c1-13-11-16-9-10-18-17-8-6-5-7-15(17)12-19(18)20(16)14(2)21(13,3)4;2*1-2-4-6-5-3-1;1-2-4-5-3-1;;;;/h7,13,16-18H,5-6,8-12H2,1-4H3;2*1-5H;1-3H,4H2;2*1H;1H2;. The van der Waals surface area contributed by atoms with Crippen LogP contribution in [0.4, 0.5) is 0 Å². The van der Waals surface area contributed by atoms with Gasteiger partial charge in [-0.2, -0.15) is 0 Å². The molecule has 0 amide bonds. The summed E-state index contributed by atoms with van der Waals surface area (Å²) in [6.45, 7) is 13.4. The van der Waals surface area contributed by atoms with E-state index in [1.807, 2.05) is 16.7 Å². The first-order chi connectivity index (χ1) is 19.2. The molecule has 5 unspecified atom stereocenters. The minimum absolute atomic E-state index is 0. The van der Waals surface area contributed by atoms with E-state index in [-0.39, 0.29) is 33.4 Å². The van der Waals surface area contributed by atoms with Gasteiger partial charge in [0.15, 0.2) is 0 Å². The zero-order chi connectivity index (χ0) is 27.8. The molecule has 0 heterocycles. The monoisotopic (exact) mass is 694 g/mol. The van der Waals surface area contributed by atoms with Gasteiger partial charge in [0.05, 0.1) is 0 Å². The zero-order valence-corrected chi connectivity index (χ0v) is 31.6. The molecule has 4 heteroatoms. The number of fused-ring (bicyclic) bond motifs is 4. The van der Waals surface area contributed by atoms with Gasteiger partial charge in [0.25, 0.3) is 0 Å². The Morgan fingerprint density at radius 2 is 1.48 bits per heavy atom. The largest absolute Gasteiger partial charge is 0.147 e. The van der Waals surface area contributed by atoms with Crippen LogP contribution in [-0.4, -0.2) is 6.88 Å². The van der Waals surface area contributed by atoms with Crippen molar-refractivity contribution in [1.29, 1.82) is 0 Å². The van der Waals surface area contributed by atoms with Crippen molar-refractivity contribution in [3.8, 4) is 0 Å². The fourth-order valence-corrected chi connectivity index (χ4v) is 39.9. The van der Waals surface area contributed by atoms with Crippen LogP contribution in [-0.2, 0) is 17.4 Å². The molecule has 0 radical (unpaired) electrons. The molecule has 2 aromatic carbocycles. The van der Waals surface area contributed by atoms with E-state index in [0.717, 1.165) is 24.2 Å². The summed E-state index contributed by atoms with van der Waals surface area (Å²) in [7, 11) is 0. The Bertz CT molecular complexity index is 1490. The maximum absolute atomic E-state index is 4.41. The molecule has 0 bridgehead atoms. The second kappa shape index (κ2) is 11.5. The van der Waals surface area contributed by atoms with E-state index in [2.05, 4.69) is 120 Å². The molecule has 0 saturated heterocycles. The van der Waals surface area contributed by atoms with Crippen LogP contribution >= 0.6 is 24.8 Å². The molecular formula is C38H50Cl2SiZr. The Morgan fingerprint density at radius 3 is 2.07 bits per heavy atom. The van der Waals surface area contributed by atoms with Crippen LogP contribution in [0.2, 0.25) is 3.12 Å². The average Bonchev–Trinajstić information content (AvgIpc) is 3.66. The fourth-order valence-electron chi connectivity index (χ4n) is 11.1. The summed E-state index contributed by atoms with van der Waals surface area (Å²) in [5, 5.41) is 0. The van der Waals surface area contributed by atoms with Crippen molar-refractivity contribution in [1.82, 2.24) is 0 Å². The van der Waals surface area contributed by atoms with Gasteiger partial charge < -0.3 is 0 Å². The van der Waals surface area contributed by atoms with Crippen LogP contribution in [0.25, 0.3) is 0 Å². The van der Waals surface area contributed by atoms with Crippen molar-refractivity contribution in [2.45, 2.75) is 82.2 Å². The van der Waals surface area contributed by atoms with E-state index in [4.69, 9.17) is 0 Å². The number of rotatable bonds is 4. The Labute approximate surface area is 269 Å². The number of halogens is 2. The van der Waals surface area contributed by atoms with Gasteiger partial charge >= 0.3 is 247 Å². The van der Waals surface area contributed by atoms with Crippen molar-refractivity contribution in [3.05, 3.63) is 105 Å². The van der Waals surface area contributed by atoms with Crippen molar-refractivity contribution < 1.29 is 17.4 Å². The predicted molar refractivity (Wildman–Crippen MR) is 186 cm³/mol. The van der Waals surface area contributed by atoms with E-state index in [1.54, 1.807) is 9.82 Å². The maximum Gasteiger partial charge on any atom is -0.147 e. The SMILES string of the molecule is CC1CC2CCC3C(=C2[C](C)([Zr](=[SiH2])([C]2=CC=CC2)([c]2ccccc2)[c]2ccccc2)C1(C)C)CC1=CCCCC13.Cl.Cl. The molecule has 0 N–H and O–H groups in total. The van der Waals surface area contributed by atoms with Gasteiger partial charge in [-0.25, -0.2) is 0 Å². The van der Waals surface area contributed by atoms with Gasteiger partial charge in [0.1, 0.15) is 0 Å². The van der Waals surface area contributed by atoms with E-state index in [0.29, 0.717) is 5.92 Å². The molecule has 2 saturated carbocycles. The van der Waals surface area contributed by atoms with Gasteiger partial charge in [-0.1, -0.05) is 0 Å².